The summed E-state index contributed by atoms with van der Waals surface area (Å²) in [5, 5.41) is 2.91. The summed E-state index contributed by atoms with van der Waals surface area (Å²) in [6.07, 6.45) is 4.44. The van der Waals surface area contributed by atoms with Crippen LogP contribution in [0.4, 0.5) is 5.69 Å². The zero-order chi connectivity index (χ0) is 26.7. The third kappa shape index (κ3) is 5.81. The molecule has 196 valence electrons. The van der Waals surface area contributed by atoms with Crippen LogP contribution < -0.4 is 10.2 Å². The summed E-state index contributed by atoms with van der Waals surface area (Å²) >= 11 is 0. The predicted octanol–water partition coefficient (Wildman–Crippen LogP) is 1.92. The number of rotatable bonds is 8. The maximum absolute atomic E-state index is 13.7. The molecule has 2 aliphatic heterocycles. The first-order chi connectivity index (χ1) is 17.7. The number of nitrogens with one attached hydrogen (secondary N) is 1. The number of pyridine rings is 1. The van der Waals surface area contributed by atoms with Crippen LogP contribution in [0, 0.1) is 5.92 Å². The molecule has 0 bridgehead atoms. The summed E-state index contributed by atoms with van der Waals surface area (Å²) in [6, 6.07) is 9.02. The molecule has 2 saturated heterocycles. The van der Waals surface area contributed by atoms with E-state index < -0.39 is 12.1 Å². The van der Waals surface area contributed by atoms with Crippen LogP contribution in [-0.2, 0) is 20.8 Å². The Kier molecular flexibility index (Phi) is 7.90. The van der Waals surface area contributed by atoms with E-state index in [-0.39, 0.29) is 48.4 Å². The first kappa shape index (κ1) is 26.3. The van der Waals surface area contributed by atoms with E-state index in [0.717, 1.165) is 11.3 Å². The second-order valence-electron chi connectivity index (χ2n) is 10.5. The molecule has 2 aromatic rings. The van der Waals surface area contributed by atoms with Gasteiger partial charge in [-0.3, -0.25) is 24.2 Å². The van der Waals surface area contributed by atoms with E-state index in [9.17, 15) is 19.2 Å². The summed E-state index contributed by atoms with van der Waals surface area (Å²) in [5.41, 5.74) is 2.22. The van der Waals surface area contributed by atoms with Crippen molar-refractivity contribution in [1.29, 1.82) is 0 Å². The predicted molar refractivity (Wildman–Crippen MR) is 140 cm³/mol. The van der Waals surface area contributed by atoms with Gasteiger partial charge in [-0.2, -0.15) is 0 Å². The number of fused-ring (bicyclic) bond motifs is 1. The molecule has 4 rings (SSSR count). The first-order valence-corrected chi connectivity index (χ1v) is 12.8. The lowest BCUT2D eigenvalue weighted by Crippen LogP contribution is -2.53. The van der Waals surface area contributed by atoms with Gasteiger partial charge in [-0.1, -0.05) is 19.9 Å². The van der Waals surface area contributed by atoms with Crippen LogP contribution in [-0.4, -0.2) is 83.6 Å². The van der Waals surface area contributed by atoms with E-state index in [1.807, 2.05) is 51.0 Å². The highest BCUT2D eigenvalue weighted by Crippen LogP contribution is 2.31. The molecule has 3 amide bonds. The molecule has 3 atom stereocenters. The summed E-state index contributed by atoms with van der Waals surface area (Å²) in [7, 11) is 3.85. The number of amides is 3. The Balaban J connectivity index is 1.46. The van der Waals surface area contributed by atoms with E-state index in [0.29, 0.717) is 24.9 Å². The Morgan fingerprint density at radius 3 is 2.46 bits per heavy atom. The van der Waals surface area contributed by atoms with Crippen LogP contribution in [0.25, 0.3) is 0 Å². The van der Waals surface area contributed by atoms with Crippen LogP contribution in [0.5, 0.6) is 0 Å². The van der Waals surface area contributed by atoms with E-state index >= 15 is 0 Å². The largest absolute Gasteiger partial charge is 0.378 e. The molecule has 3 heterocycles. The van der Waals surface area contributed by atoms with Gasteiger partial charge in [0.05, 0.1) is 19.0 Å². The summed E-state index contributed by atoms with van der Waals surface area (Å²) in [4.78, 5) is 61.9. The van der Waals surface area contributed by atoms with Crippen LogP contribution in [0.1, 0.15) is 42.6 Å². The Morgan fingerprint density at radius 2 is 1.84 bits per heavy atom. The number of anilines is 1. The molecule has 0 aliphatic carbocycles. The quantitative estimate of drug-likeness (QED) is 0.588. The lowest BCUT2D eigenvalue weighted by molar-refractivity contribution is -0.138. The number of likely N-dealkylation sites (tertiary alicyclic amines) is 2. The number of carbonyl (C=O) groups is 4. The van der Waals surface area contributed by atoms with Crippen molar-refractivity contribution in [2.24, 2.45) is 5.92 Å². The Hall–Kier alpha value is -3.75. The number of aromatic nitrogens is 1. The number of benzene rings is 1. The molecule has 1 N–H and O–H groups in total. The molecule has 0 saturated carbocycles. The fourth-order valence-electron chi connectivity index (χ4n) is 5.21. The monoisotopic (exact) mass is 505 g/mol. The molecule has 3 unspecified atom stereocenters. The molecule has 2 fully saturated rings. The minimum Gasteiger partial charge on any atom is -0.378 e. The number of Topliss-reactive ketones (excluding diaryl/α,β-unsaturated/α-hetero) is 1. The number of hydrogen-bond donors (Lipinski definition) is 1. The number of carbonyl (C=O) groups excluding carboxylic acids is 4. The van der Waals surface area contributed by atoms with Crippen molar-refractivity contribution in [3.8, 4) is 0 Å². The second-order valence-corrected chi connectivity index (χ2v) is 10.5. The van der Waals surface area contributed by atoms with E-state index in [4.69, 9.17) is 0 Å². The molecule has 1 aromatic heterocycles. The second kappa shape index (κ2) is 11.1. The molecule has 1 aromatic carbocycles. The molecular formula is C28H35N5O4. The van der Waals surface area contributed by atoms with Gasteiger partial charge in [0.25, 0.3) is 5.91 Å². The smallest absolute Gasteiger partial charge is 0.251 e. The zero-order valence-corrected chi connectivity index (χ0v) is 21.9. The Labute approximate surface area is 217 Å². The van der Waals surface area contributed by atoms with Crippen molar-refractivity contribution in [2.45, 2.75) is 51.2 Å². The lowest BCUT2D eigenvalue weighted by Gasteiger charge is -2.29. The van der Waals surface area contributed by atoms with Crippen molar-refractivity contribution >= 4 is 29.2 Å². The average molecular weight is 506 g/mol. The van der Waals surface area contributed by atoms with E-state index in [1.54, 1.807) is 40.4 Å². The van der Waals surface area contributed by atoms with Gasteiger partial charge in [0, 0.05) is 44.3 Å². The SMILES string of the molecule is CC(C)CC(NC(=O)c1ccc(N(C)C)cc1)C(=O)N1CCC2C1C(=O)CN2C(=O)Cc1cccnc1. The van der Waals surface area contributed by atoms with Gasteiger partial charge in [-0.15, -0.1) is 0 Å². The minimum atomic E-state index is -0.757. The molecule has 9 heteroatoms. The summed E-state index contributed by atoms with van der Waals surface area (Å²) in [5.74, 6) is -0.721. The maximum Gasteiger partial charge on any atom is 0.251 e. The van der Waals surface area contributed by atoms with Crippen LogP contribution in [0.2, 0.25) is 0 Å². The standard InChI is InChI=1S/C28H35N5O4/c1-18(2)14-22(30-27(36)20-7-9-21(10-8-20)31(3)4)28(37)32-13-11-23-26(32)24(34)17-33(23)25(35)15-19-6-5-12-29-16-19/h5-10,12,16,18,22-23,26H,11,13-15,17H2,1-4H3,(H,30,36). The van der Waals surface area contributed by atoms with E-state index in [2.05, 4.69) is 10.3 Å². The Morgan fingerprint density at radius 1 is 1.11 bits per heavy atom. The van der Waals surface area contributed by atoms with Gasteiger partial charge in [-0.05, 0) is 54.7 Å². The highest BCUT2D eigenvalue weighted by molar-refractivity contribution is 6.01. The van der Waals surface area contributed by atoms with Crippen molar-refractivity contribution < 1.29 is 19.2 Å². The summed E-state index contributed by atoms with van der Waals surface area (Å²) < 4.78 is 0. The van der Waals surface area contributed by atoms with Gasteiger partial charge in [0.2, 0.25) is 11.8 Å². The van der Waals surface area contributed by atoms with Gasteiger partial charge < -0.3 is 20.0 Å². The van der Waals surface area contributed by atoms with Crippen molar-refractivity contribution in [2.75, 3.05) is 32.1 Å². The van der Waals surface area contributed by atoms with Gasteiger partial charge >= 0.3 is 0 Å². The zero-order valence-electron chi connectivity index (χ0n) is 21.9. The van der Waals surface area contributed by atoms with Crippen molar-refractivity contribution in [3.05, 3.63) is 59.9 Å². The summed E-state index contributed by atoms with van der Waals surface area (Å²) in [6.45, 7) is 4.35. The molecular weight excluding hydrogens is 470 g/mol. The number of nitrogens with zero attached hydrogens (tertiary/aromatic N) is 4. The fourth-order valence-corrected chi connectivity index (χ4v) is 5.21. The van der Waals surface area contributed by atoms with Gasteiger partial charge in [0.1, 0.15) is 12.1 Å². The lowest BCUT2D eigenvalue weighted by atomic mass is 10.0. The van der Waals surface area contributed by atoms with Crippen molar-refractivity contribution in [3.63, 3.8) is 0 Å². The normalized spacial score (nSPS) is 19.6. The van der Waals surface area contributed by atoms with Crippen LogP contribution in [0.3, 0.4) is 0 Å². The maximum atomic E-state index is 13.7. The molecule has 0 radical (unpaired) electrons. The van der Waals surface area contributed by atoms with Crippen LogP contribution >= 0.6 is 0 Å². The highest BCUT2D eigenvalue weighted by atomic mass is 16.2. The van der Waals surface area contributed by atoms with Gasteiger partial charge in [0.15, 0.2) is 5.78 Å². The topological polar surface area (TPSA) is 103 Å². The molecule has 9 nitrogen and oxygen atoms in total. The molecule has 37 heavy (non-hydrogen) atoms. The highest BCUT2D eigenvalue weighted by Gasteiger charge is 2.52. The third-order valence-electron chi connectivity index (χ3n) is 7.06. The number of hydrogen-bond acceptors (Lipinski definition) is 6. The van der Waals surface area contributed by atoms with Gasteiger partial charge in [-0.25, -0.2) is 0 Å². The fraction of sp³-hybridized carbons (Fsp3) is 0.464. The van der Waals surface area contributed by atoms with Crippen molar-refractivity contribution in [1.82, 2.24) is 20.1 Å². The van der Waals surface area contributed by atoms with Crippen LogP contribution in [0.15, 0.2) is 48.8 Å². The minimum absolute atomic E-state index is 0.00234. The number of ketones is 1. The molecule has 0 spiro atoms. The van der Waals surface area contributed by atoms with E-state index in [1.165, 1.54) is 0 Å². The third-order valence-corrected chi connectivity index (χ3v) is 7.06. The Bertz CT molecular complexity index is 1150. The first-order valence-electron chi connectivity index (χ1n) is 12.8. The molecule has 2 aliphatic rings. The average Bonchev–Trinajstić information content (AvgIpc) is 3.45.